The van der Waals surface area contributed by atoms with E-state index < -0.39 is 11.6 Å². The lowest BCUT2D eigenvalue weighted by atomic mass is 10.0. The molecule has 20 heavy (non-hydrogen) atoms. The number of benzene rings is 1. The molecular formula is C16H21NO3. The van der Waals surface area contributed by atoms with Gasteiger partial charge >= 0.3 is 5.97 Å². The summed E-state index contributed by atoms with van der Waals surface area (Å²) in [7, 11) is 1.58. The Morgan fingerprint density at radius 3 is 2.65 bits per heavy atom. The van der Waals surface area contributed by atoms with Gasteiger partial charge in [0.05, 0.1) is 7.11 Å². The smallest absolute Gasteiger partial charge is 0.331 e. The molecule has 0 radical (unpaired) electrons. The van der Waals surface area contributed by atoms with E-state index in [-0.39, 0.29) is 5.97 Å². The molecule has 0 bridgehead atoms. The Hall–Kier alpha value is -1.84. The van der Waals surface area contributed by atoms with Crippen LogP contribution in [0.15, 0.2) is 29.3 Å². The van der Waals surface area contributed by atoms with E-state index in [2.05, 4.69) is 4.99 Å². The highest BCUT2D eigenvalue weighted by molar-refractivity contribution is 5.97. The Labute approximate surface area is 119 Å². The SMILES string of the molecule is COC1=N[C@@H](C(=O)OC(C)(C)C)CCc2ccccc21. The molecule has 0 saturated carbocycles. The largest absolute Gasteiger partial charge is 0.481 e. The number of carbonyl (C=O) groups is 1. The van der Waals surface area contributed by atoms with Crippen molar-refractivity contribution in [2.75, 3.05) is 7.11 Å². The monoisotopic (exact) mass is 275 g/mol. The molecule has 0 amide bonds. The summed E-state index contributed by atoms with van der Waals surface area (Å²) in [5.74, 6) is 0.216. The van der Waals surface area contributed by atoms with Crippen molar-refractivity contribution in [3.8, 4) is 0 Å². The molecule has 0 N–H and O–H groups in total. The summed E-state index contributed by atoms with van der Waals surface area (Å²) in [6.07, 6.45) is 1.43. The molecule has 0 saturated heterocycles. The third kappa shape index (κ3) is 3.38. The van der Waals surface area contributed by atoms with Gasteiger partial charge in [-0.1, -0.05) is 18.2 Å². The molecule has 1 aliphatic rings. The van der Waals surface area contributed by atoms with Crippen molar-refractivity contribution in [3.05, 3.63) is 35.4 Å². The van der Waals surface area contributed by atoms with E-state index in [4.69, 9.17) is 9.47 Å². The zero-order valence-corrected chi connectivity index (χ0v) is 12.5. The van der Waals surface area contributed by atoms with Crippen LogP contribution in [0.1, 0.15) is 38.3 Å². The minimum atomic E-state index is -0.503. The van der Waals surface area contributed by atoms with Crippen molar-refractivity contribution < 1.29 is 14.3 Å². The predicted molar refractivity (Wildman–Crippen MR) is 77.9 cm³/mol. The van der Waals surface area contributed by atoms with Crippen LogP contribution in [-0.4, -0.2) is 30.6 Å². The number of carbonyl (C=O) groups excluding carboxylic acids is 1. The van der Waals surface area contributed by atoms with Crippen molar-refractivity contribution in [2.24, 2.45) is 4.99 Å². The average Bonchev–Trinajstić information content (AvgIpc) is 2.56. The minimum Gasteiger partial charge on any atom is -0.481 e. The molecule has 0 spiro atoms. The lowest BCUT2D eigenvalue weighted by molar-refractivity contribution is -0.156. The number of rotatable bonds is 1. The Bertz CT molecular complexity index is 529. The fourth-order valence-corrected chi connectivity index (χ4v) is 2.22. The second-order valence-corrected chi connectivity index (χ2v) is 5.88. The van der Waals surface area contributed by atoms with Gasteiger partial charge in [0.1, 0.15) is 5.60 Å². The maximum Gasteiger partial charge on any atom is 0.331 e. The van der Waals surface area contributed by atoms with E-state index in [1.165, 1.54) is 0 Å². The Morgan fingerprint density at radius 2 is 2.00 bits per heavy atom. The molecule has 1 atom stereocenters. The van der Waals surface area contributed by atoms with Crippen molar-refractivity contribution in [3.63, 3.8) is 0 Å². The number of hydrogen-bond donors (Lipinski definition) is 0. The molecule has 2 rings (SSSR count). The van der Waals surface area contributed by atoms with Gasteiger partial charge in [-0.15, -0.1) is 0 Å². The Balaban J connectivity index is 2.26. The zero-order chi connectivity index (χ0) is 14.8. The number of nitrogens with zero attached hydrogens (tertiary/aromatic N) is 1. The number of methoxy groups -OCH3 is 1. The number of fused-ring (bicyclic) bond motifs is 1. The van der Waals surface area contributed by atoms with Crippen LogP contribution >= 0.6 is 0 Å². The number of ether oxygens (including phenoxy) is 2. The van der Waals surface area contributed by atoms with Crippen molar-refractivity contribution >= 4 is 11.9 Å². The van der Waals surface area contributed by atoms with Crippen molar-refractivity contribution in [1.82, 2.24) is 0 Å². The van der Waals surface area contributed by atoms with Crippen LogP contribution in [0, 0.1) is 0 Å². The molecule has 108 valence electrons. The van der Waals surface area contributed by atoms with Crippen molar-refractivity contribution in [1.29, 1.82) is 0 Å². The lowest BCUT2D eigenvalue weighted by Gasteiger charge is -2.22. The summed E-state index contributed by atoms with van der Waals surface area (Å²) in [6.45, 7) is 5.58. The lowest BCUT2D eigenvalue weighted by Crippen LogP contribution is -2.31. The van der Waals surface area contributed by atoms with Gasteiger partial charge in [0.15, 0.2) is 6.04 Å². The van der Waals surface area contributed by atoms with Crippen LogP contribution in [0.2, 0.25) is 0 Å². The van der Waals surface area contributed by atoms with Gasteiger partial charge in [-0.3, -0.25) is 0 Å². The summed E-state index contributed by atoms with van der Waals surface area (Å²) >= 11 is 0. The topological polar surface area (TPSA) is 47.9 Å². The Kier molecular flexibility index (Phi) is 4.12. The highest BCUT2D eigenvalue weighted by Gasteiger charge is 2.28. The van der Waals surface area contributed by atoms with Crippen molar-refractivity contribution in [2.45, 2.75) is 45.3 Å². The van der Waals surface area contributed by atoms with Gasteiger partial charge in [-0.05, 0) is 45.2 Å². The molecular weight excluding hydrogens is 254 g/mol. The van der Waals surface area contributed by atoms with Gasteiger partial charge in [-0.25, -0.2) is 9.79 Å². The standard InChI is InChI=1S/C16H21NO3/c1-16(2,3)20-15(18)13-10-9-11-7-5-6-8-12(11)14(17-13)19-4/h5-8,13H,9-10H2,1-4H3/t13-/m1/s1. The molecule has 1 aromatic rings. The summed E-state index contributed by atoms with van der Waals surface area (Å²) in [4.78, 5) is 16.6. The van der Waals surface area contributed by atoms with Crippen LogP contribution in [0.4, 0.5) is 0 Å². The van der Waals surface area contributed by atoms with E-state index in [0.717, 1.165) is 17.5 Å². The molecule has 1 aromatic carbocycles. The maximum atomic E-state index is 12.2. The fraction of sp³-hybridized carbons (Fsp3) is 0.500. The molecule has 4 nitrogen and oxygen atoms in total. The van der Waals surface area contributed by atoms with Crippen LogP contribution in [0.25, 0.3) is 0 Å². The number of esters is 1. The van der Waals surface area contributed by atoms with E-state index in [0.29, 0.717) is 12.3 Å². The third-order valence-electron chi connectivity index (χ3n) is 3.08. The van der Waals surface area contributed by atoms with Gasteiger partial charge < -0.3 is 9.47 Å². The van der Waals surface area contributed by atoms with Crippen LogP contribution in [0.3, 0.4) is 0 Å². The second kappa shape index (κ2) is 5.65. The first-order valence-corrected chi connectivity index (χ1v) is 6.83. The Morgan fingerprint density at radius 1 is 1.30 bits per heavy atom. The summed E-state index contributed by atoms with van der Waals surface area (Å²) in [5, 5.41) is 0. The van der Waals surface area contributed by atoms with Crippen LogP contribution in [-0.2, 0) is 20.7 Å². The first-order chi connectivity index (χ1) is 9.40. The van der Waals surface area contributed by atoms with Gasteiger partial charge in [0, 0.05) is 5.56 Å². The van der Waals surface area contributed by atoms with E-state index in [1.54, 1.807) is 7.11 Å². The molecule has 0 aromatic heterocycles. The quantitative estimate of drug-likeness (QED) is 0.740. The zero-order valence-electron chi connectivity index (χ0n) is 12.5. The van der Waals surface area contributed by atoms with Gasteiger partial charge in [-0.2, -0.15) is 0 Å². The van der Waals surface area contributed by atoms with E-state index >= 15 is 0 Å². The third-order valence-corrected chi connectivity index (χ3v) is 3.08. The number of aryl methyl sites for hydroxylation is 1. The first kappa shape index (κ1) is 14.6. The second-order valence-electron chi connectivity index (χ2n) is 5.88. The minimum absolute atomic E-state index is 0.292. The molecule has 4 heteroatoms. The molecule has 0 unspecified atom stereocenters. The van der Waals surface area contributed by atoms with Gasteiger partial charge in [0.25, 0.3) is 0 Å². The molecule has 0 aliphatic carbocycles. The van der Waals surface area contributed by atoms with Crippen LogP contribution < -0.4 is 0 Å². The summed E-state index contributed by atoms with van der Waals surface area (Å²) < 4.78 is 10.8. The normalized spacial score (nSPS) is 18.6. The summed E-state index contributed by atoms with van der Waals surface area (Å²) in [6, 6.07) is 7.44. The number of aliphatic imine (C=N–C) groups is 1. The molecule has 0 fully saturated rings. The average molecular weight is 275 g/mol. The highest BCUT2D eigenvalue weighted by atomic mass is 16.6. The van der Waals surface area contributed by atoms with Gasteiger partial charge in [0.2, 0.25) is 5.90 Å². The van der Waals surface area contributed by atoms with E-state index in [9.17, 15) is 4.79 Å². The predicted octanol–water partition coefficient (Wildman–Crippen LogP) is 2.74. The highest BCUT2D eigenvalue weighted by Crippen LogP contribution is 2.21. The molecule has 1 heterocycles. The molecule has 1 aliphatic heterocycles. The van der Waals surface area contributed by atoms with E-state index in [1.807, 2.05) is 45.0 Å². The van der Waals surface area contributed by atoms with Crippen LogP contribution in [0.5, 0.6) is 0 Å². The maximum absolute atomic E-state index is 12.2. The summed E-state index contributed by atoms with van der Waals surface area (Å²) in [5.41, 5.74) is 1.61. The number of hydrogen-bond acceptors (Lipinski definition) is 4. The fourth-order valence-electron chi connectivity index (χ4n) is 2.22. The first-order valence-electron chi connectivity index (χ1n) is 6.83.